The van der Waals surface area contributed by atoms with E-state index >= 15 is 0 Å². The number of benzene rings is 1. The number of nitrogens with one attached hydrogen (secondary N) is 2. The fourth-order valence-electron chi connectivity index (χ4n) is 3.01. The van der Waals surface area contributed by atoms with E-state index in [-0.39, 0.29) is 5.91 Å². The molecule has 3 aromatic rings. The van der Waals surface area contributed by atoms with Gasteiger partial charge in [-0.2, -0.15) is 13.2 Å². The summed E-state index contributed by atoms with van der Waals surface area (Å²) >= 11 is 0. The SMILES string of the molecule is O=C1NCCc2[nH]c(-c3ccnc(-c4ccc(C(=O)C(F)(F)F)cc4)n3)cc21. The molecule has 0 bridgehead atoms. The van der Waals surface area contributed by atoms with Crippen LogP contribution in [0, 0.1) is 0 Å². The van der Waals surface area contributed by atoms with Crippen LogP contribution in [0.3, 0.4) is 0 Å². The van der Waals surface area contributed by atoms with Gasteiger partial charge in [0.2, 0.25) is 0 Å². The third-order valence-electron chi connectivity index (χ3n) is 4.40. The normalized spacial score (nSPS) is 13.8. The largest absolute Gasteiger partial charge is 0.454 e. The van der Waals surface area contributed by atoms with Gasteiger partial charge in [0.05, 0.1) is 17.0 Å². The molecule has 0 radical (unpaired) electrons. The van der Waals surface area contributed by atoms with Gasteiger partial charge in [0.25, 0.3) is 11.7 Å². The molecule has 0 spiro atoms. The molecule has 9 heteroatoms. The third kappa shape index (κ3) is 3.26. The number of aromatic amines is 1. The van der Waals surface area contributed by atoms with Crippen LogP contribution >= 0.6 is 0 Å². The van der Waals surface area contributed by atoms with Gasteiger partial charge in [-0.25, -0.2) is 9.97 Å². The first-order valence-corrected chi connectivity index (χ1v) is 8.38. The number of fused-ring (bicyclic) bond motifs is 1. The van der Waals surface area contributed by atoms with Crippen molar-refractivity contribution in [2.75, 3.05) is 6.54 Å². The van der Waals surface area contributed by atoms with Gasteiger partial charge in [0.15, 0.2) is 5.82 Å². The first-order valence-electron chi connectivity index (χ1n) is 8.38. The Labute approximate surface area is 156 Å². The second kappa shape index (κ2) is 6.59. The number of amides is 1. The number of carbonyl (C=O) groups is 2. The minimum absolute atomic E-state index is 0.150. The van der Waals surface area contributed by atoms with Gasteiger partial charge in [-0.15, -0.1) is 0 Å². The van der Waals surface area contributed by atoms with E-state index in [9.17, 15) is 22.8 Å². The van der Waals surface area contributed by atoms with Crippen LogP contribution in [0.25, 0.3) is 22.8 Å². The highest BCUT2D eigenvalue weighted by Gasteiger charge is 2.39. The average molecular weight is 386 g/mol. The van der Waals surface area contributed by atoms with Crippen molar-refractivity contribution < 1.29 is 22.8 Å². The van der Waals surface area contributed by atoms with E-state index < -0.39 is 17.5 Å². The number of halogens is 3. The molecule has 28 heavy (non-hydrogen) atoms. The van der Waals surface area contributed by atoms with Crippen LogP contribution < -0.4 is 5.32 Å². The molecule has 1 amide bonds. The standard InChI is InChI=1S/C19H13F3N4O2/c20-19(21,22)16(27)10-1-3-11(4-2-10)17-23-7-6-14(26-17)15-9-12-13(25-15)5-8-24-18(12)28/h1-4,6-7,9,25H,5,8H2,(H,24,28). The molecule has 1 aromatic carbocycles. The van der Waals surface area contributed by atoms with Crippen molar-refractivity contribution in [3.05, 3.63) is 59.4 Å². The van der Waals surface area contributed by atoms with Crippen molar-refractivity contribution in [1.29, 1.82) is 0 Å². The Morgan fingerprint density at radius 1 is 1.11 bits per heavy atom. The molecule has 1 aliphatic heterocycles. The zero-order chi connectivity index (χ0) is 19.9. The lowest BCUT2D eigenvalue weighted by atomic mass is 10.1. The van der Waals surface area contributed by atoms with Crippen LogP contribution in [0.2, 0.25) is 0 Å². The molecule has 0 unspecified atom stereocenters. The highest BCUT2D eigenvalue weighted by atomic mass is 19.4. The number of H-pyrrole nitrogens is 1. The van der Waals surface area contributed by atoms with E-state index in [1.54, 1.807) is 12.1 Å². The van der Waals surface area contributed by atoms with Gasteiger partial charge in [-0.1, -0.05) is 24.3 Å². The number of Topliss-reactive ketones (excluding diaryl/α,β-unsaturated/α-hetero) is 1. The minimum atomic E-state index is -4.92. The fourth-order valence-corrected chi connectivity index (χ4v) is 3.01. The summed E-state index contributed by atoms with van der Waals surface area (Å²) in [6.07, 6.45) is -2.71. The lowest BCUT2D eigenvalue weighted by Gasteiger charge is -2.10. The summed E-state index contributed by atoms with van der Waals surface area (Å²) in [7, 11) is 0. The molecule has 0 fully saturated rings. The van der Waals surface area contributed by atoms with Gasteiger partial charge in [0.1, 0.15) is 0 Å². The number of ketones is 1. The van der Waals surface area contributed by atoms with Crippen molar-refractivity contribution in [2.24, 2.45) is 0 Å². The number of alkyl halides is 3. The maximum atomic E-state index is 12.5. The molecule has 2 aromatic heterocycles. The van der Waals surface area contributed by atoms with E-state index in [0.29, 0.717) is 41.3 Å². The molecule has 1 aliphatic rings. The molecule has 4 rings (SSSR count). The zero-order valence-electron chi connectivity index (χ0n) is 14.3. The summed E-state index contributed by atoms with van der Waals surface area (Å²) in [5, 5.41) is 2.77. The molecular weight excluding hydrogens is 373 g/mol. The molecule has 2 N–H and O–H groups in total. The number of carbonyl (C=O) groups excluding carboxylic acids is 2. The monoisotopic (exact) mass is 386 g/mol. The molecule has 6 nitrogen and oxygen atoms in total. The van der Waals surface area contributed by atoms with Crippen LogP contribution in [0.1, 0.15) is 26.4 Å². The van der Waals surface area contributed by atoms with E-state index in [4.69, 9.17) is 0 Å². The lowest BCUT2D eigenvalue weighted by Crippen LogP contribution is -2.31. The predicted octanol–water partition coefficient (Wildman–Crippen LogP) is 3.17. The van der Waals surface area contributed by atoms with Gasteiger partial charge in [0, 0.05) is 36.0 Å². The summed E-state index contributed by atoms with van der Waals surface area (Å²) in [6.45, 7) is 0.559. The summed E-state index contributed by atoms with van der Waals surface area (Å²) < 4.78 is 37.6. The number of nitrogens with zero attached hydrogens (tertiary/aromatic N) is 2. The van der Waals surface area contributed by atoms with Crippen LogP contribution in [-0.2, 0) is 6.42 Å². The van der Waals surface area contributed by atoms with Crippen molar-refractivity contribution in [3.8, 4) is 22.8 Å². The maximum absolute atomic E-state index is 12.5. The first kappa shape index (κ1) is 17.9. The maximum Gasteiger partial charge on any atom is 0.454 e. The summed E-state index contributed by atoms with van der Waals surface area (Å²) in [5.74, 6) is -1.76. The summed E-state index contributed by atoms with van der Waals surface area (Å²) in [4.78, 5) is 34.9. The second-order valence-electron chi connectivity index (χ2n) is 6.25. The molecule has 0 atom stereocenters. The van der Waals surface area contributed by atoms with Crippen molar-refractivity contribution in [3.63, 3.8) is 0 Å². The highest BCUT2D eigenvalue weighted by molar-refractivity contribution is 6.00. The van der Waals surface area contributed by atoms with Crippen molar-refractivity contribution in [1.82, 2.24) is 20.3 Å². The first-order chi connectivity index (χ1) is 13.3. The van der Waals surface area contributed by atoms with E-state index in [2.05, 4.69) is 20.3 Å². The van der Waals surface area contributed by atoms with Gasteiger partial charge >= 0.3 is 6.18 Å². The fraction of sp³-hybridized carbons (Fsp3) is 0.158. The predicted molar refractivity (Wildman–Crippen MR) is 93.7 cm³/mol. The van der Waals surface area contributed by atoms with Crippen LogP contribution in [0.15, 0.2) is 42.6 Å². The molecule has 0 saturated heterocycles. The van der Waals surface area contributed by atoms with Crippen LogP contribution in [0.4, 0.5) is 13.2 Å². The lowest BCUT2D eigenvalue weighted by molar-refractivity contribution is -0.0885. The molecule has 0 aliphatic carbocycles. The summed E-state index contributed by atoms with van der Waals surface area (Å²) in [5.41, 5.74) is 2.60. The minimum Gasteiger partial charge on any atom is -0.356 e. The zero-order valence-corrected chi connectivity index (χ0v) is 14.3. The number of hydrogen-bond acceptors (Lipinski definition) is 4. The molecule has 142 valence electrons. The van der Waals surface area contributed by atoms with Gasteiger partial charge in [-0.05, 0) is 12.1 Å². The average Bonchev–Trinajstić information content (AvgIpc) is 3.13. The van der Waals surface area contributed by atoms with Crippen LogP contribution in [-0.4, -0.2) is 39.4 Å². The Hall–Kier alpha value is -3.49. The van der Waals surface area contributed by atoms with Crippen molar-refractivity contribution in [2.45, 2.75) is 12.6 Å². The number of hydrogen-bond donors (Lipinski definition) is 2. The molecular formula is C19H13F3N4O2. The van der Waals surface area contributed by atoms with E-state index in [1.165, 1.54) is 18.3 Å². The second-order valence-corrected chi connectivity index (χ2v) is 6.25. The van der Waals surface area contributed by atoms with Gasteiger partial charge < -0.3 is 10.3 Å². The highest BCUT2D eigenvalue weighted by Crippen LogP contribution is 2.26. The molecule has 3 heterocycles. The molecule has 0 saturated carbocycles. The van der Waals surface area contributed by atoms with E-state index in [0.717, 1.165) is 17.8 Å². The van der Waals surface area contributed by atoms with E-state index in [1.807, 2.05) is 0 Å². The topological polar surface area (TPSA) is 87.7 Å². The number of rotatable bonds is 3. The van der Waals surface area contributed by atoms with Crippen molar-refractivity contribution >= 4 is 11.7 Å². The number of aromatic nitrogens is 3. The quantitative estimate of drug-likeness (QED) is 0.677. The smallest absolute Gasteiger partial charge is 0.356 e. The van der Waals surface area contributed by atoms with Crippen LogP contribution in [0.5, 0.6) is 0 Å². The Kier molecular flexibility index (Phi) is 4.21. The van der Waals surface area contributed by atoms with Gasteiger partial charge in [-0.3, -0.25) is 9.59 Å². The Morgan fingerprint density at radius 3 is 2.54 bits per heavy atom. The Balaban J connectivity index is 1.64. The Bertz CT molecular complexity index is 1070. The third-order valence-corrected chi connectivity index (χ3v) is 4.40. The Morgan fingerprint density at radius 2 is 1.86 bits per heavy atom. The summed E-state index contributed by atoms with van der Waals surface area (Å²) in [6, 6.07) is 8.30.